The van der Waals surface area contributed by atoms with Crippen LogP contribution >= 0.6 is 11.8 Å². The second-order valence-corrected chi connectivity index (χ2v) is 5.66. The molecule has 0 aromatic carbocycles. The fourth-order valence-corrected chi connectivity index (χ4v) is 3.29. The summed E-state index contributed by atoms with van der Waals surface area (Å²) in [4.78, 5) is 0. The topological polar surface area (TPSA) is 39.2 Å². The molecular weight excluding hydrogens is 206 g/mol. The van der Waals surface area contributed by atoms with Gasteiger partial charge in [0, 0.05) is 11.3 Å². The predicted molar refractivity (Wildman–Crippen MR) is 65.0 cm³/mol. The van der Waals surface area contributed by atoms with E-state index >= 15 is 0 Å². The maximum atomic E-state index is 5.88. The molecule has 1 aliphatic carbocycles. The first kappa shape index (κ1) is 11.1. The number of thioether (sulfide) groups is 1. The molecule has 1 saturated carbocycles. The average Bonchev–Trinajstić information content (AvgIpc) is 2.63. The van der Waals surface area contributed by atoms with Crippen LogP contribution in [0.1, 0.15) is 37.0 Å². The predicted octanol–water partition coefficient (Wildman–Crippen LogP) is 3.09. The SMILES string of the molecule is Cc1ccoc1CSC1CCC(N)CC1. The molecule has 15 heavy (non-hydrogen) atoms. The van der Waals surface area contributed by atoms with E-state index in [0.29, 0.717) is 6.04 Å². The molecule has 84 valence electrons. The summed E-state index contributed by atoms with van der Waals surface area (Å²) in [5, 5.41) is 0.786. The van der Waals surface area contributed by atoms with Crippen LogP contribution < -0.4 is 5.73 Å². The van der Waals surface area contributed by atoms with Gasteiger partial charge in [-0.25, -0.2) is 0 Å². The first-order valence-electron chi connectivity index (χ1n) is 5.66. The van der Waals surface area contributed by atoms with Crippen LogP contribution in [0.2, 0.25) is 0 Å². The maximum absolute atomic E-state index is 5.88. The van der Waals surface area contributed by atoms with Gasteiger partial charge in [0.15, 0.2) is 0 Å². The van der Waals surface area contributed by atoms with Crippen LogP contribution in [-0.2, 0) is 5.75 Å². The van der Waals surface area contributed by atoms with Gasteiger partial charge in [-0.15, -0.1) is 0 Å². The minimum absolute atomic E-state index is 0.451. The highest BCUT2D eigenvalue weighted by Gasteiger charge is 2.19. The van der Waals surface area contributed by atoms with Crippen LogP contribution in [0.5, 0.6) is 0 Å². The first-order valence-corrected chi connectivity index (χ1v) is 6.70. The fraction of sp³-hybridized carbons (Fsp3) is 0.667. The molecule has 3 heteroatoms. The summed E-state index contributed by atoms with van der Waals surface area (Å²) < 4.78 is 5.43. The summed E-state index contributed by atoms with van der Waals surface area (Å²) in [6, 6.07) is 2.49. The van der Waals surface area contributed by atoms with Crippen LogP contribution in [0.25, 0.3) is 0 Å². The molecule has 1 aliphatic rings. The van der Waals surface area contributed by atoms with Gasteiger partial charge in [-0.2, -0.15) is 11.8 Å². The number of hydrogen-bond donors (Lipinski definition) is 1. The molecule has 2 rings (SSSR count). The van der Waals surface area contributed by atoms with Gasteiger partial charge in [-0.05, 0) is 44.2 Å². The van der Waals surface area contributed by atoms with Crippen molar-refractivity contribution in [1.29, 1.82) is 0 Å². The fourth-order valence-electron chi connectivity index (χ4n) is 2.00. The van der Waals surface area contributed by atoms with Crippen molar-refractivity contribution in [2.75, 3.05) is 0 Å². The number of aryl methyl sites for hydroxylation is 1. The molecule has 2 N–H and O–H groups in total. The van der Waals surface area contributed by atoms with E-state index in [4.69, 9.17) is 10.2 Å². The molecule has 1 aromatic rings. The molecule has 0 amide bonds. The minimum Gasteiger partial charge on any atom is -0.468 e. The number of rotatable bonds is 3. The van der Waals surface area contributed by atoms with E-state index < -0.39 is 0 Å². The lowest BCUT2D eigenvalue weighted by Gasteiger charge is -2.25. The largest absolute Gasteiger partial charge is 0.468 e. The molecule has 0 aliphatic heterocycles. The zero-order valence-electron chi connectivity index (χ0n) is 9.24. The summed E-state index contributed by atoms with van der Waals surface area (Å²) in [5.41, 5.74) is 7.16. The Morgan fingerprint density at radius 2 is 2.13 bits per heavy atom. The third-order valence-electron chi connectivity index (χ3n) is 3.14. The number of hydrogen-bond acceptors (Lipinski definition) is 3. The summed E-state index contributed by atoms with van der Waals surface area (Å²) in [7, 11) is 0. The Labute approximate surface area is 95.6 Å². The zero-order chi connectivity index (χ0) is 10.7. The second-order valence-electron chi connectivity index (χ2n) is 4.37. The molecule has 0 unspecified atom stereocenters. The Bertz CT molecular complexity index is 302. The number of nitrogens with two attached hydrogens (primary N) is 1. The lowest BCUT2D eigenvalue weighted by Crippen LogP contribution is -2.27. The highest BCUT2D eigenvalue weighted by molar-refractivity contribution is 7.99. The molecule has 0 saturated heterocycles. The van der Waals surface area contributed by atoms with Crippen LogP contribution in [-0.4, -0.2) is 11.3 Å². The van der Waals surface area contributed by atoms with Gasteiger partial charge in [0.05, 0.1) is 12.0 Å². The molecule has 0 atom stereocenters. The Balaban J connectivity index is 1.77. The summed E-state index contributed by atoms with van der Waals surface area (Å²) >= 11 is 2.02. The van der Waals surface area contributed by atoms with Crippen molar-refractivity contribution in [1.82, 2.24) is 0 Å². The molecule has 0 radical (unpaired) electrons. The van der Waals surface area contributed by atoms with Crippen molar-refractivity contribution in [2.45, 2.75) is 49.7 Å². The first-order chi connectivity index (χ1) is 7.25. The van der Waals surface area contributed by atoms with E-state index in [2.05, 4.69) is 6.92 Å². The molecule has 2 nitrogen and oxygen atoms in total. The van der Waals surface area contributed by atoms with Gasteiger partial charge >= 0.3 is 0 Å². The monoisotopic (exact) mass is 225 g/mol. The van der Waals surface area contributed by atoms with Crippen LogP contribution in [0.3, 0.4) is 0 Å². The van der Waals surface area contributed by atoms with Crippen molar-refractivity contribution in [3.63, 3.8) is 0 Å². The van der Waals surface area contributed by atoms with Crippen LogP contribution in [0.15, 0.2) is 16.7 Å². The van der Waals surface area contributed by atoms with Crippen LogP contribution in [0.4, 0.5) is 0 Å². The summed E-state index contributed by atoms with van der Waals surface area (Å²) in [6.07, 6.45) is 6.70. The average molecular weight is 225 g/mol. The van der Waals surface area contributed by atoms with Gasteiger partial charge in [0.2, 0.25) is 0 Å². The van der Waals surface area contributed by atoms with Crippen molar-refractivity contribution >= 4 is 11.8 Å². The van der Waals surface area contributed by atoms with Gasteiger partial charge < -0.3 is 10.2 Å². The van der Waals surface area contributed by atoms with E-state index in [1.54, 1.807) is 6.26 Å². The highest BCUT2D eigenvalue weighted by atomic mass is 32.2. The lowest BCUT2D eigenvalue weighted by molar-refractivity contribution is 0.450. The van der Waals surface area contributed by atoms with Crippen molar-refractivity contribution in [3.8, 4) is 0 Å². The molecule has 1 aromatic heterocycles. The Morgan fingerprint density at radius 3 is 2.73 bits per heavy atom. The molecule has 1 fully saturated rings. The van der Waals surface area contributed by atoms with Gasteiger partial charge in [0.25, 0.3) is 0 Å². The zero-order valence-corrected chi connectivity index (χ0v) is 10.1. The van der Waals surface area contributed by atoms with E-state index in [0.717, 1.165) is 16.8 Å². The summed E-state index contributed by atoms with van der Waals surface area (Å²) in [6.45, 7) is 2.11. The minimum atomic E-state index is 0.451. The van der Waals surface area contributed by atoms with E-state index in [1.807, 2.05) is 17.8 Å². The Kier molecular flexibility index (Phi) is 3.76. The van der Waals surface area contributed by atoms with Crippen molar-refractivity contribution in [3.05, 3.63) is 23.7 Å². The quantitative estimate of drug-likeness (QED) is 0.859. The van der Waals surface area contributed by atoms with E-state index in [1.165, 1.54) is 31.2 Å². The smallest absolute Gasteiger partial charge is 0.116 e. The standard InChI is InChI=1S/C12H19NOS/c1-9-6-7-14-12(9)8-15-11-4-2-10(13)3-5-11/h6-7,10-11H,2-5,8,13H2,1H3. The number of furan rings is 1. The van der Waals surface area contributed by atoms with Crippen LogP contribution in [0, 0.1) is 6.92 Å². The van der Waals surface area contributed by atoms with Gasteiger partial charge in [0.1, 0.15) is 5.76 Å². The highest BCUT2D eigenvalue weighted by Crippen LogP contribution is 2.30. The summed E-state index contributed by atoms with van der Waals surface area (Å²) in [5.74, 6) is 2.15. The lowest BCUT2D eigenvalue weighted by atomic mass is 9.96. The van der Waals surface area contributed by atoms with Gasteiger partial charge in [-0.1, -0.05) is 0 Å². The Hall–Kier alpha value is -0.410. The van der Waals surface area contributed by atoms with Crippen molar-refractivity contribution < 1.29 is 4.42 Å². The van der Waals surface area contributed by atoms with Gasteiger partial charge in [-0.3, -0.25) is 0 Å². The molecular formula is C12H19NOS. The molecule has 0 bridgehead atoms. The van der Waals surface area contributed by atoms with Crippen molar-refractivity contribution in [2.24, 2.45) is 5.73 Å². The third kappa shape index (κ3) is 3.02. The van der Waals surface area contributed by atoms with E-state index in [-0.39, 0.29) is 0 Å². The maximum Gasteiger partial charge on any atom is 0.116 e. The molecule has 0 spiro atoms. The second kappa shape index (κ2) is 5.08. The molecule has 1 heterocycles. The third-order valence-corrected chi connectivity index (χ3v) is 4.51. The Morgan fingerprint density at radius 1 is 1.40 bits per heavy atom. The van der Waals surface area contributed by atoms with E-state index in [9.17, 15) is 0 Å². The normalized spacial score (nSPS) is 26.8.